The Hall–Kier alpha value is -0.500. The summed E-state index contributed by atoms with van der Waals surface area (Å²) in [4.78, 5) is 3.11. The number of aromatic nitrogens is 1. The van der Waals surface area contributed by atoms with Crippen molar-refractivity contribution in [1.82, 2.24) is 4.98 Å². The molecule has 54 valence electrons. The fourth-order valence-electron chi connectivity index (χ4n) is 0.727. The van der Waals surface area contributed by atoms with Crippen molar-refractivity contribution in [3.8, 4) is 0 Å². The van der Waals surface area contributed by atoms with Crippen LogP contribution in [0.5, 0.6) is 0 Å². The molecule has 1 nitrogen and oxygen atoms in total. The number of nitrogens with one attached hydrogen (secondary N) is 1. The molecule has 0 aliphatic carbocycles. The van der Waals surface area contributed by atoms with Gasteiger partial charge in [-0.25, -0.2) is 0 Å². The molecule has 1 N–H and O–H groups in total. The van der Waals surface area contributed by atoms with Gasteiger partial charge >= 0.3 is 0 Å². The fourth-order valence-corrected chi connectivity index (χ4v) is 1.11. The summed E-state index contributed by atoms with van der Waals surface area (Å²) < 4.78 is 1.12. The Morgan fingerprint density at radius 1 is 1.70 bits per heavy atom. The Balaban J connectivity index is 2.74. The quantitative estimate of drug-likeness (QED) is 0.754. The maximum absolute atomic E-state index is 3.41. The van der Waals surface area contributed by atoms with Gasteiger partial charge in [-0.2, -0.15) is 0 Å². The Morgan fingerprint density at radius 2 is 2.50 bits per heavy atom. The monoisotopic (exact) mass is 199 g/mol. The van der Waals surface area contributed by atoms with Gasteiger partial charge in [0.1, 0.15) is 0 Å². The van der Waals surface area contributed by atoms with Crippen molar-refractivity contribution in [2.75, 3.05) is 0 Å². The number of allylic oxidation sites excluding steroid dienone is 1. The molecule has 1 heterocycles. The van der Waals surface area contributed by atoms with Crippen LogP contribution in [-0.2, 0) is 0 Å². The van der Waals surface area contributed by atoms with Crippen LogP contribution in [0.3, 0.4) is 0 Å². The molecule has 0 atom stereocenters. The van der Waals surface area contributed by atoms with Gasteiger partial charge in [-0.1, -0.05) is 13.0 Å². The molecule has 0 saturated heterocycles. The molecule has 1 rings (SSSR count). The minimum Gasteiger partial charge on any atom is -0.361 e. The first kappa shape index (κ1) is 7.61. The lowest BCUT2D eigenvalue weighted by molar-refractivity contribution is 1.23. The predicted octanol–water partition coefficient (Wildman–Crippen LogP) is 3.20. The van der Waals surface area contributed by atoms with Crippen LogP contribution >= 0.6 is 15.9 Å². The minimum atomic E-state index is 1.07. The van der Waals surface area contributed by atoms with Gasteiger partial charge < -0.3 is 4.98 Å². The van der Waals surface area contributed by atoms with Crippen LogP contribution in [0, 0.1) is 0 Å². The average molecular weight is 200 g/mol. The maximum Gasteiger partial charge on any atom is 0.0521 e. The van der Waals surface area contributed by atoms with E-state index in [1.807, 2.05) is 12.3 Å². The lowest BCUT2D eigenvalue weighted by Crippen LogP contribution is -1.68. The van der Waals surface area contributed by atoms with E-state index >= 15 is 0 Å². The molecule has 0 unspecified atom stereocenters. The highest BCUT2D eigenvalue weighted by Gasteiger charge is 1.92. The van der Waals surface area contributed by atoms with Gasteiger partial charge in [0, 0.05) is 10.7 Å². The summed E-state index contributed by atoms with van der Waals surface area (Å²) in [5, 5.41) is 0. The van der Waals surface area contributed by atoms with E-state index < -0.39 is 0 Å². The summed E-state index contributed by atoms with van der Waals surface area (Å²) in [5.41, 5.74) is 1.14. The van der Waals surface area contributed by atoms with Gasteiger partial charge in [0.25, 0.3) is 0 Å². The first-order chi connectivity index (χ1) is 4.84. The lowest BCUT2D eigenvalue weighted by Gasteiger charge is -1.86. The zero-order valence-corrected chi connectivity index (χ0v) is 7.48. The summed E-state index contributed by atoms with van der Waals surface area (Å²) in [6, 6.07) is 2.00. The number of hydrogen-bond donors (Lipinski definition) is 1. The van der Waals surface area contributed by atoms with Crippen LogP contribution in [0.15, 0.2) is 22.8 Å². The van der Waals surface area contributed by atoms with E-state index in [9.17, 15) is 0 Å². The van der Waals surface area contributed by atoms with Gasteiger partial charge in [0.2, 0.25) is 0 Å². The van der Waals surface area contributed by atoms with E-state index in [1.54, 1.807) is 0 Å². The number of halogens is 1. The Labute approximate surface area is 69.3 Å². The molecule has 0 aliphatic rings. The number of H-pyrrole nitrogens is 1. The van der Waals surface area contributed by atoms with Crippen LogP contribution in [0.25, 0.3) is 6.08 Å². The van der Waals surface area contributed by atoms with Gasteiger partial charge in [-0.3, -0.25) is 0 Å². The molecule has 1 aromatic rings. The van der Waals surface area contributed by atoms with Gasteiger partial charge in [-0.15, -0.1) is 0 Å². The van der Waals surface area contributed by atoms with Crippen LogP contribution in [0.2, 0.25) is 0 Å². The zero-order valence-electron chi connectivity index (χ0n) is 5.89. The molecule has 0 amide bonds. The molecule has 0 spiro atoms. The highest BCUT2D eigenvalue weighted by molar-refractivity contribution is 9.10. The maximum atomic E-state index is 3.41. The van der Waals surface area contributed by atoms with E-state index in [2.05, 4.69) is 40.0 Å². The molecular weight excluding hydrogens is 190 g/mol. The van der Waals surface area contributed by atoms with Crippen molar-refractivity contribution in [2.45, 2.75) is 13.3 Å². The lowest BCUT2D eigenvalue weighted by atomic mass is 10.3. The number of rotatable bonds is 2. The van der Waals surface area contributed by atoms with Gasteiger partial charge in [-0.05, 0) is 34.5 Å². The summed E-state index contributed by atoms with van der Waals surface area (Å²) in [6.45, 7) is 2.12. The molecule has 0 aliphatic heterocycles. The molecule has 1 aromatic heterocycles. The Bertz CT molecular complexity index is 225. The zero-order chi connectivity index (χ0) is 7.40. The van der Waals surface area contributed by atoms with Crippen molar-refractivity contribution in [2.24, 2.45) is 0 Å². The summed E-state index contributed by atoms with van der Waals surface area (Å²) in [7, 11) is 0. The average Bonchev–Trinajstić information content (AvgIpc) is 2.31. The number of aromatic amines is 1. The van der Waals surface area contributed by atoms with Crippen molar-refractivity contribution in [1.29, 1.82) is 0 Å². The van der Waals surface area contributed by atoms with Crippen molar-refractivity contribution in [3.05, 3.63) is 28.5 Å². The van der Waals surface area contributed by atoms with Crippen molar-refractivity contribution >= 4 is 22.0 Å². The first-order valence-corrected chi connectivity index (χ1v) is 4.13. The molecule has 0 fully saturated rings. The summed E-state index contributed by atoms with van der Waals surface area (Å²) in [6.07, 6.45) is 7.19. The third kappa shape index (κ3) is 1.74. The molecular formula is C8H10BrN. The summed E-state index contributed by atoms with van der Waals surface area (Å²) in [5.74, 6) is 0. The smallest absolute Gasteiger partial charge is 0.0521 e. The molecule has 0 saturated carbocycles. The third-order valence-electron chi connectivity index (χ3n) is 1.25. The molecule has 0 aromatic carbocycles. The molecule has 10 heavy (non-hydrogen) atoms. The predicted molar refractivity (Wildman–Crippen MR) is 47.8 cm³/mol. The summed E-state index contributed by atoms with van der Waals surface area (Å²) >= 11 is 3.41. The second-order valence-electron chi connectivity index (χ2n) is 2.05. The van der Waals surface area contributed by atoms with Gasteiger partial charge in [0.15, 0.2) is 0 Å². The third-order valence-corrected chi connectivity index (χ3v) is 1.94. The minimum absolute atomic E-state index is 1.07. The Morgan fingerprint density at radius 3 is 3.00 bits per heavy atom. The molecule has 2 heteroatoms. The normalized spacial score (nSPS) is 11.0. The first-order valence-electron chi connectivity index (χ1n) is 3.34. The van der Waals surface area contributed by atoms with Crippen LogP contribution < -0.4 is 0 Å². The van der Waals surface area contributed by atoms with Crippen LogP contribution in [-0.4, -0.2) is 4.98 Å². The number of hydrogen-bond acceptors (Lipinski definition) is 0. The SMILES string of the molecule is CCC=Cc1[nH]ccc1Br. The second-order valence-corrected chi connectivity index (χ2v) is 2.90. The molecule has 0 bridgehead atoms. The van der Waals surface area contributed by atoms with Crippen LogP contribution in [0.4, 0.5) is 0 Å². The topological polar surface area (TPSA) is 15.8 Å². The van der Waals surface area contributed by atoms with Crippen molar-refractivity contribution < 1.29 is 0 Å². The van der Waals surface area contributed by atoms with Gasteiger partial charge in [0.05, 0.1) is 5.69 Å². The largest absolute Gasteiger partial charge is 0.361 e. The fraction of sp³-hybridized carbons (Fsp3) is 0.250. The van der Waals surface area contributed by atoms with E-state index in [1.165, 1.54) is 0 Å². The highest BCUT2D eigenvalue weighted by atomic mass is 79.9. The highest BCUT2D eigenvalue weighted by Crippen LogP contribution is 2.15. The standard InChI is InChI=1S/C8H10BrN/c1-2-3-4-8-7(9)5-6-10-8/h3-6,10H,2H2,1H3. The van der Waals surface area contributed by atoms with E-state index in [-0.39, 0.29) is 0 Å². The second kappa shape index (κ2) is 3.62. The van der Waals surface area contributed by atoms with E-state index in [0.717, 1.165) is 16.6 Å². The van der Waals surface area contributed by atoms with E-state index in [4.69, 9.17) is 0 Å². The van der Waals surface area contributed by atoms with Crippen molar-refractivity contribution in [3.63, 3.8) is 0 Å². The van der Waals surface area contributed by atoms with E-state index in [0.29, 0.717) is 0 Å². The Kier molecular flexibility index (Phi) is 2.75. The molecule has 0 radical (unpaired) electrons. The van der Waals surface area contributed by atoms with Crippen LogP contribution in [0.1, 0.15) is 19.0 Å².